The molecule has 0 radical (unpaired) electrons. The van der Waals surface area contributed by atoms with Gasteiger partial charge in [0, 0.05) is 22.9 Å². The summed E-state index contributed by atoms with van der Waals surface area (Å²) in [6, 6.07) is 35.9. The van der Waals surface area contributed by atoms with E-state index in [4.69, 9.17) is 9.47 Å². The lowest BCUT2D eigenvalue weighted by Gasteiger charge is -2.13. The molecule has 0 aliphatic rings. The van der Waals surface area contributed by atoms with E-state index in [2.05, 4.69) is 121 Å². The number of rotatable bonds is 7. The number of aryl methyl sites for hydroxylation is 2. The van der Waals surface area contributed by atoms with Crippen LogP contribution in [-0.4, -0.2) is 7.11 Å². The third-order valence-electron chi connectivity index (χ3n) is 7.47. The normalized spacial score (nSPS) is 11.2. The maximum Gasteiger partial charge on any atom is 0.193 e. The molecule has 2 aromatic heterocycles. The fourth-order valence-corrected chi connectivity index (χ4v) is 5.29. The Bertz CT molecular complexity index is 1790. The van der Waals surface area contributed by atoms with E-state index in [1.165, 1.54) is 38.5 Å². The maximum absolute atomic E-state index is 6.36. The molecule has 39 heavy (non-hydrogen) atoms. The van der Waals surface area contributed by atoms with E-state index in [0.29, 0.717) is 11.5 Å². The van der Waals surface area contributed by atoms with Gasteiger partial charge in [0.2, 0.25) is 0 Å². The van der Waals surface area contributed by atoms with Crippen LogP contribution in [0.3, 0.4) is 0 Å². The second-order valence-electron chi connectivity index (χ2n) is 10.0. The molecule has 0 saturated heterocycles. The topological polar surface area (TPSA) is 26.2 Å². The molecule has 0 amide bonds. The summed E-state index contributed by atoms with van der Waals surface area (Å²) in [5, 5.41) is 5.04. The van der Waals surface area contributed by atoms with E-state index in [1.54, 1.807) is 7.11 Å². The van der Waals surface area contributed by atoms with E-state index in [9.17, 15) is 0 Å². The second-order valence-corrected chi connectivity index (χ2v) is 10.0. The van der Waals surface area contributed by atoms with Crippen molar-refractivity contribution in [1.29, 1.82) is 0 Å². The Balaban J connectivity index is 1.25. The molecule has 4 nitrogen and oxygen atoms in total. The van der Waals surface area contributed by atoms with Gasteiger partial charge in [-0.05, 0) is 58.3 Å². The second kappa shape index (κ2) is 10.6. The first-order valence-corrected chi connectivity index (χ1v) is 13.3. The molecular weight excluding hydrogens is 480 g/mol. The number of pyridine rings is 2. The Hall–Kier alpha value is -4.70. The highest BCUT2D eigenvalue weighted by Gasteiger charge is 2.16. The van der Waals surface area contributed by atoms with Crippen LogP contribution in [0.4, 0.5) is 0 Å². The highest BCUT2D eigenvalue weighted by atomic mass is 16.5. The number of methoxy groups -OCH3 is 1. The van der Waals surface area contributed by atoms with Crippen LogP contribution in [0.15, 0.2) is 116 Å². The average molecular weight is 513 g/mol. The Kier molecular flexibility index (Phi) is 6.68. The predicted molar refractivity (Wildman–Crippen MR) is 155 cm³/mol. The van der Waals surface area contributed by atoms with Crippen LogP contribution in [0, 0.1) is 0 Å². The molecule has 0 N–H and O–H groups in total. The van der Waals surface area contributed by atoms with Gasteiger partial charge in [0.25, 0.3) is 0 Å². The quantitative estimate of drug-likeness (QED) is 0.225. The van der Waals surface area contributed by atoms with Gasteiger partial charge in [-0.15, -0.1) is 0 Å². The van der Waals surface area contributed by atoms with Gasteiger partial charge >= 0.3 is 0 Å². The molecule has 192 valence electrons. The van der Waals surface area contributed by atoms with Crippen LogP contribution in [0.1, 0.15) is 22.5 Å². The number of ether oxygens (including phenoxy) is 2. The summed E-state index contributed by atoms with van der Waals surface area (Å²) >= 11 is 0. The molecule has 0 aliphatic heterocycles. The minimum atomic E-state index is 0.714. The lowest BCUT2D eigenvalue weighted by molar-refractivity contribution is -0.677. The molecule has 6 rings (SSSR count). The predicted octanol–water partition coefficient (Wildman–Crippen LogP) is 6.62. The van der Waals surface area contributed by atoms with Crippen LogP contribution in [0.25, 0.3) is 21.5 Å². The summed E-state index contributed by atoms with van der Waals surface area (Å²) in [6.45, 7) is 0. The number of aromatic nitrogens is 2. The van der Waals surface area contributed by atoms with Gasteiger partial charge in [-0.25, -0.2) is 9.13 Å². The standard InChI is InChI=1S/C35H32N2O2/c1-36-20-18-27-8-4-6-10-30(27)32(36)22-25-12-15-29(16-13-25)39-35-24-26(14-17-34(35)38-3)23-33-31-11-7-5-9-28(31)19-21-37(33)2/h4-21,24H,22-23H2,1-3H3/q+2. The van der Waals surface area contributed by atoms with Crippen molar-refractivity contribution in [2.45, 2.75) is 12.8 Å². The Morgan fingerprint density at radius 3 is 1.69 bits per heavy atom. The van der Waals surface area contributed by atoms with Crippen LogP contribution in [0.5, 0.6) is 17.2 Å². The third-order valence-corrected chi connectivity index (χ3v) is 7.47. The molecule has 0 bridgehead atoms. The smallest absolute Gasteiger partial charge is 0.193 e. The van der Waals surface area contributed by atoms with Crippen molar-refractivity contribution in [2.24, 2.45) is 14.1 Å². The van der Waals surface area contributed by atoms with Crippen LogP contribution in [0.2, 0.25) is 0 Å². The summed E-state index contributed by atoms with van der Waals surface area (Å²) < 4.78 is 16.4. The highest BCUT2D eigenvalue weighted by Crippen LogP contribution is 2.33. The summed E-state index contributed by atoms with van der Waals surface area (Å²) in [5.41, 5.74) is 4.95. The SMILES string of the molecule is COc1ccc(Cc2c3ccccc3cc[n+]2C)cc1Oc1ccc(Cc2c3ccccc3cc[n+]2C)cc1. The summed E-state index contributed by atoms with van der Waals surface area (Å²) in [4.78, 5) is 0. The first-order chi connectivity index (χ1) is 19.1. The van der Waals surface area contributed by atoms with Crippen molar-refractivity contribution in [3.63, 3.8) is 0 Å². The zero-order valence-corrected chi connectivity index (χ0v) is 22.6. The molecule has 0 saturated carbocycles. The fourth-order valence-electron chi connectivity index (χ4n) is 5.29. The fraction of sp³-hybridized carbons (Fsp3) is 0.143. The molecule has 0 aliphatic carbocycles. The van der Waals surface area contributed by atoms with Crippen molar-refractivity contribution in [2.75, 3.05) is 7.11 Å². The Labute approximate surface area is 229 Å². The van der Waals surface area contributed by atoms with Crippen molar-refractivity contribution in [1.82, 2.24) is 0 Å². The molecule has 2 heterocycles. The van der Waals surface area contributed by atoms with E-state index in [1.807, 2.05) is 18.2 Å². The molecule has 4 heteroatoms. The molecule has 4 aromatic carbocycles. The van der Waals surface area contributed by atoms with Gasteiger partial charge in [0.1, 0.15) is 19.8 Å². The van der Waals surface area contributed by atoms with E-state index in [0.717, 1.165) is 24.2 Å². The van der Waals surface area contributed by atoms with Crippen molar-refractivity contribution in [3.8, 4) is 17.2 Å². The van der Waals surface area contributed by atoms with Crippen molar-refractivity contribution in [3.05, 3.63) is 138 Å². The van der Waals surface area contributed by atoms with Gasteiger partial charge in [0.05, 0.1) is 20.0 Å². The monoisotopic (exact) mass is 512 g/mol. The largest absolute Gasteiger partial charge is 0.493 e. The number of benzene rings is 4. The minimum Gasteiger partial charge on any atom is -0.493 e. The van der Waals surface area contributed by atoms with Crippen molar-refractivity contribution < 1.29 is 18.6 Å². The molecule has 6 aromatic rings. The molecule has 0 spiro atoms. The molecule has 0 unspecified atom stereocenters. The molecule has 0 atom stereocenters. The number of nitrogens with zero attached hydrogens (tertiary/aromatic N) is 2. The molecule has 0 fully saturated rings. The summed E-state index contributed by atoms with van der Waals surface area (Å²) in [7, 11) is 5.89. The van der Waals surface area contributed by atoms with Crippen LogP contribution < -0.4 is 18.6 Å². The van der Waals surface area contributed by atoms with E-state index >= 15 is 0 Å². The number of fused-ring (bicyclic) bond motifs is 2. The Morgan fingerprint density at radius 1 is 0.564 bits per heavy atom. The lowest BCUT2D eigenvalue weighted by atomic mass is 10.0. The van der Waals surface area contributed by atoms with Gasteiger partial charge in [-0.1, -0.05) is 54.6 Å². The summed E-state index contributed by atoms with van der Waals surface area (Å²) in [6.07, 6.45) is 5.89. The summed E-state index contributed by atoms with van der Waals surface area (Å²) in [5.74, 6) is 2.21. The lowest BCUT2D eigenvalue weighted by Crippen LogP contribution is -2.33. The van der Waals surface area contributed by atoms with Crippen molar-refractivity contribution >= 4 is 21.5 Å². The zero-order valence-electron chi connectivity index (χ0n) is 22.6. The number of hydrogen-bond acceptors (Lipinski definition) is 2. The minimum absolute atomic E-state index is 0.714. The Morgan fingerprint density at radius 2 is 1.10 bits per heavy atom. The van der Waals surface area contributed by atoms with Gasteiger partial charge in [0.15, 0.2) is 35.3 Å². The average Bonchev–Trinajstić information content (AvgIpc) is 2.97. The van der Waals surface area contributed by atoms with Gasteiger partial charge < -0.3 is 9.47 Å². The zero-order chi connectivity index (χ0) is 26.8. The first kappa shape index (κ1) is 24.6. The van der Waals surface area contributed by atoms with Gasteiger partial charge in [-0.3, -0.25) is 0 Å². The first-order valence-electron chi connectivity index (χ1n) is 13.3. The van der Waals surface area contributed by atoms with Gasteiger partial charge in [-0.2, -0.15) is 0 Å². The third kappa shape index (κ3) is 5.06. The highest BCUT2D eigenvalue weighted by molar-refractivity contribution is 5.84. The van der Waals surface area contributed by atoms with Crippen LogP contribution >= 0.6 is 0 Å². The van der Waals surface area contributed by atoms with E-state index in [-0.39, 0.29) is 0 Å². The maximum atomic E-state index is 6.36. The van der Waals surface area contributed by atoms with Crippen LogP contribution in [-0.2, 0) is 26.9 Å². The molecular formula is C35H32N2O2+2. The van der Waals surface area contributed by atoms with E-state index < -0.39 is 0 Å². The number of hydrogen-bond donors (Lipinski definition) is 0.